The fraction of sp³-hybridized carbons (Fsp3) is 0.500. The van der Waals surface area contributed by atoms with E-state index in [1.54, 1.807) is 24.5 Å². The third kappa shape index (κ3) is 3.48. The smallest absolute Gasteiger partial charge is 0.296 e. The third-order valence-corrected chi connectivity index (χ3v) is 7.18. The summed E-state index contributed by atoms with van der Waals surface area (Å²) in [5.41, 5.74) is 2.06. The maximum absolute atomic E-state index is 14.2. The highest BCUT2D eigenvalue weighted by Crippen LogP contribution is 2.34. The highest BCUT2D eigenvalue weighted by Gasteiger charge is 2.36. The van der Waals surface area contributed by atoms with E-state index in [1.807, 2.05) is 10.6 Å². The fourth-order valence-electron chi connectivity index (χ4n) is 5.53. The molecule has 11 heteroatoms. The number of imidazole rings is 2. The highest BCUT2D eigenvalue weighted by atomic mass is 19.3. The number of hydrogen-bond acceptors (Lipinski definition) is 7. The Hall–Kier alpha value is -3.18. The van der Waals surface area contributed by atoms with E-state index in [1.165, 1.54) is 4.57 Å². The van der Waals surface area contributed by atoms with Gasteiger partial charge in [-0.15, -0.1) is 0 Å². The maximum atomic E-state index is 14.2. The zero-order valence-electron chi connectivity index (χ0n) is 19.1. The molecule has 6 heterocycles. The molecule has 0 radical (unpaired) electrons. The SMILES string of the molecule is FC(F)c1nc2ccccc2n1-c1nc(N2CC3CC[C@@H](C2)O3)nc2c1ncn2C1CCCCO1. The highest BCUT2D eigenvalue weighted by molar-refractivity contribution is 5.85. The molecule has 182 valence electrons. The number of alkyl halides is 2. The van der Waals surface area contributed by atoms with Crippen molar-refractivity contribution in [3.63, 3.8) is 0 Å². The van der Waals surface area contributed by atoms with Crippen LogP contribution in [0.25, 0.3) is 28.0 Å². The van der Waals surface area contributed by atoms with Crippen LogP contribution in [0.2, 0.25) is 0 Å². The minimum absolute atomic E-state index is 0.133. The number of hydrogen-bond donors (Lipinski definition) is 0. The molecule has 3 aliphatic heterocycles. The number of anilines is 1. The number of para-hydroxylation sites is 2. The van der Waals surface area contributed by atoms with Gasteiger partial charge in [0.25, 0.3) is 6.43 Å². The quantitative estimate of drug-likeness (QED) is 0.433. The van der Waals surface area contributed by atoms with Crippen molar-refractivity contribution in [1.82, 2.24) is 29.1 Å². The van der Waals surface area contributed by atoms with E-state index in [0.717, 1.165) is 32.1 Å². The Morgan fingerprint density at radius 2 is 1.80 bits per heavy atom. The summed E-state index contributed by atoms with van der Waals surface area (Å²) in [5, 5.41) is 0. The van der Waals surface area contributed by atoms with Gasteiger partial charge in [-0.3, -0.25) is 9.13 Å². The van der Waals surface area contributed by atoms with Crippen LogP contribution in [0.3, 0.4) is 0 Å². The van der Waals surface area contributed by atoms with Gasteiger partial charge in [-0.05, 0) is 44.2 Å². The standard InChI is InChI=1S/C24H25F2N7O2/c25-20(26)23-28-16-5-1-2-6-17(16)33(23)22-19-21(32(13-27-19)18-7-3-4-10-34-18)29-24(30-22)31-11-14-8-9-15(12-31)35-14/h1-2,5-6,13-15,18,20H,3-4,7-12H2/t14-,15?,18?/m0/s1. The van der Waals surface area contributed by atoms with Crippen LogP contribution in [-0.4, -0.2) is 61.0 Å². The first-order valence-corrected chi connectivity index (χ1v) is 12.2. The van der Waals surface area contributed by atoms with E-state index in [-0.39, 0.29) is 24.3 Å². The summed E-state index contributed by atoms with van der Waals surface area (Å²) in [6, 6.07) is 7.10. The normalized spacial score (nSPS) is 24.8. The average molecular weight is 482 g/mol. The van der Waals surface area contributed by atoms with Gasteiger partial charge in [0.05, 0.1) is 29.6 Å². The first kappa shape index (κ1) is 21.1. The maximum Gasteiger partial charge on any atom is 0.296 e. The Labute approximate surface area is 199 Å². The predicted octanol–water partition coefficient (Wildman–Crippen LogP) is 4.17. The van der Waals surface area contributed by atoms with Gasteiger partial charge in [0.15, 0.2) is 22.8 Å². The van der Waals surface area contributed by atoms with Crippen LogP contribution in [0, 0.1) is 0 Å². The molecule has 1 aromatic carbocycles. The number of halogens is 2. The molecule has 3 saturated heterocycles. The number of benzene rings is 1. The third-order valence-electron chi connectivity index (χ3n) is 7.18. The van der Waals surface area contributed by atoms with Crippen molar-refractivity contribution in [1.29, 1.82) is 0 Å². The van der Waals surface area contributed by atoms with E-state index < -0.39 is 6.43 Å². The summed E-state index contributed by atoms with van der Waals surface area (Å²) >= 11 is 0. The summed E-state index contributed by atoms with van der Waals surface area (Å²) < 4.78 is 43.8. The first-order chi connectivity index (χ1) is 17.2. The van der Waals surface area contributed by atoms with Crippen molar-refractivity contribution in [3.05, 3.63) is 36.4 Å². The van der Waals surface area contributed by atoms with Crippen LogP contribution >= 0.6 is 0 Å². The lowest BCUT2D eigenvalue weighted by molar-refractivity contribution is -0.0298. The molecule has 35 heavy (non-hydrogen) atoms. The Kier molecular flexibility index (Phi) is 4.95. The lowest BCUT2D eigenvalue weighted by Gasteiger charge is -2.32. The fourth-order valence-corrected chi connectivity index (χ4v) is 5.53. The molecule has 0 N–H and O–H groups in total. The second-order valence-corrected chi connectivity index (χ2v) is 9.45. The zero-order valence-corrected chi connectivity index (χ0v) is 19.1. The Balaban J connectivity index is 1.46. The van der Waals surface area contributed by atoms with Crippen LogP contribution in [0.5, 0.6) is 0 Å². The van der Waals surface area contributed by atoms with Gasteiger partial charge in [0, 0.05) is 19.7 Å². The van der Waals surface area contributed by atoms with Gasteiger partial charge in [-0.2, -0.15) is 9.97 Å². The number of rotatable bonds is 4. The van der Waals surface area contributed by atoms with Crippen molar-refractivity contribution in [2.45, 2.75) is 57.0 Å². The first-order valence-electron chi connectivity index (χ1n) is 12.2. The van der Waals surface area contributed by atoms with E-state index in [9.17, 15) is 8.78 Å². The number of nitrogens with zero attached hydrogens (tertiary/aromatic N) is 7. The molecular formula is C24H25F2N7O2. The monoisotopic (exact) mass is 481 g/mol. The summed E-state index contributed by atoms with van der Waals surface area (Å²) in [6.45, 7) is 2.01. The van der Waals surface area contributed by atoms with E-state index >= 15 is 0 Å². The van der Waals surface area contributed by atoms with E-state index in [4.69, 9.17) is 19.4 Å². The van der Waals surface area contributed by atoms with Gasteiger partial charge < -0.3 is 14.4 Å². The molecule has 0 spiro atoms. The molecule has 0 aliphatic carbocycles. The molecule has 4 aromatic rings. The second kappa shape index (κ2) is 8.20. The van der Waals surface area contributed by atoms with Crippen molar-refractivity contribution in [3.8, 4) is 5.82 Å². The Morgan fingerprint density at radius 3 is 2.57 bits per heavy atom. The summed E-state index contributed by atoms with van der Waals surface area (Å²) in [7, 11) is 0. The molecule has 0 saturated carbocycles. The minimum Gasteiger partial charge on any atom is -0.371 e. The molecule has 3 aromatic heterocycles. The lowest BCUT2D eigenvalue weighted by Crippen LogP contribution is -2.43. The number of morpholine rings is 1. The molecule has 3 fully saturated rings. The van der Waals surface area contributed by atoms with Crippen LogP contribution < -0.4 is 4.90 Å². The molecule has 7 rings (SSSR count). The van der Waals surface area contributed by atoms with Gasteiger partial charge in [-0.25, -0.2) is 18.7 Å². The molecular weight excluding hydrogens is 456 g/mol. The van der Waals surface area contributed by atoms with Crippen molar-refractivity contribution >= 4 is 28.1 Å². The molecule has 9 nitrogen and oxygen atoms in total. The molecule has 3 aliphatic rings. The number of aromatic nitrogens is 6. The predicted molar refractivity (Wildman–Crippen MR) is 124 cm³/mol. The van der Waals surface area contributed by atoms with Gasteiger partial charge in [0.1, 0.15) is 6.23 Å². The Morgan fingerprint density at radius 1 is 0.971 bits per heavy atom. The van der Waals surface area contributed by atoms with Crippen LogP contribution in [0.4, 0.5) is 14.7 Å². The van der Waals surface area contributed by atoms with Crippen molar-refractivity contribution in [2.75, 3.05) is 24.6 Å². The van der Waals surface area contributed by atoms with Gasteiger partial charge in [0.2, 0.25) is 5.95 Å². The number of ether oxygens (including phenoxy) is 2. The summed E-state index contributed by atoms with van der Waals surface area (Å²) in [4.78, 5) is 20.7. The van der Waals surface area contributed by atoms with Crippen LogP contribution in [-0.2, 0) is 9.47 Å². The second-order valence-electron chi connectivity index (χ2n) is 9.45. The molecule has 3 atom stereocenters. The van der Waals surface area contributed by atoms with E-state index in [2.05, 4.69) is 14.9 Å². The molecule has 0 amide bonds. The van der Waals surface area contributed by atoms with Crippen molar-refractivity contribution < 1.29 is 18.3 Å². The Bertz CT molecular complexity index is 1390. The van der Waals surface area contributed by atoms with Crippen molar-refractivity contribution in [2.24, 2.45) is 0 Å². The molecule has 2 bridgehead atoms. The topological polar surface area (TPSA) is 83.1 Å². The average Bonchev–Trinajstić information content (AvgIpc) is 3.58. The molecule has 2 unspecified atom stereocenters. The summed E-state index contributed by atoms with van der Waals surface area (Å²) in [5.74, 6) is 0.438. The summed E-state index contributed by atoms with van der Waals surface area (Å²) in [6.07, 6.45) is 3.90. The van der Waals surface area contributed by atoms with Crippen LogP contribution in [0.15, 0.2) is 30.6 Å². The van der Waals surface area contributed by atoms with Gasteiger partial charge in [-0.1, -0.05) is 12.1 Å². The van der Waals surface area contributed by atoms with E-state index in [0.29, 0.717) is 53.7 Å². The lowest BCUT2D eigenvalue weighted by atomic mass is 10.2. The largest absolute Gasteiger partial charge is 0.371 e. The minimum atomic E-state index is -2.78. The zero-order chi connectivity index (χ0) is 23.5. The number of fused-ring (bicyclic) bond motifs is 4. The van der Waals surface area contributed by atoms with Gasteiger partial charge >= 0.3 is 0 Å². The van der Waals surface area contributed by atoms with Crippen LogP contribution in [0.1, 0.15) is 50.6 Å².